The van der Waals surface area contributed by atoms with Gasteiger partial charge in [0.2, 0.25) is 0 Å². The Morgan fingerprint density at radius 3 is 2.57 bits per heavy atom. The van der Waals surface area contributed by atoms with Gasteiger partial charge in [-0.3, -0.25) is 4.90 Å². The number of anilines is 1. The second kappa shape index (κ2) is 12.0. The van der Waals surface area contributed by atoms with E-state index in [0.717, 1.165) is 21.4 Å². The van der Waals surface area contributed by atoms with E-state index in [1.54, 1.807) is 6.92 Å². The number of benzene rings is 2. The number of carbonyl (C=O) groups excluding carboxylic acids is 2. The van der Waals surface area contributed by atoms with E-state index < -0.39 is 12.1 Å². The van der Waals surface area contributed by atoms with Crippen LogP contribution in [0.5, 0.6) is 0 Å². The monoisotopic (exact) mass is 550 g/mol. The summed E-state index contributed by atoms with van der Waals surface area (Å²) in [7, 11) is 0. The number of esters is 1. The van der Waals surface area contributed by atoms with E-state index in [9.17, 15) is 9.59 Å². The number of halogens is 1. The molecule has 0 saturated carbocycles. The first-order chi connectivity index (χ1) is 17.1. The second-order valence-electron chi connectivity index (χ2n) is 7.52. The quantitative estimate of drug-likeness (QED) is 0.323. The Bertz CT molecular complexity index is 1230. The molecule has 1 fully saturated rings. The van der Waals surface area contributed by atoms with Gasteiger partial charge in [-0.1, -0.05) is 76.2 Å². The highest BCUT2D eigenvalue weighted by Gasteiger charge is 2.36. The van der Waals surface area contributed by atoms with Crippen LogP contribution in [0.1, 0.15) is 6.92 Å². The van der Waals surface area contributed by atoms with Gasteiger partial charge in [-0.25, -0.2) is 14.6 Å². The van der Waals surface area contributed by atoms with E-state index in [0.29, 0.717) is 17.5 Å². The predicted molar refractivity (Wildman–Crippen MR) is 144 cm³/mol. The van der Waals surface area contributed by atoms with Crippen molar-refractivity contribution in [3.63, 3.8) is 0 Å². The second-order valence-corrected chi connectivity index (χ2v) is 9.54. The zero-order valence-corrected chi connectivity index (χ0v) is 21.4. The van der Waals surface area contributed by atoms with Crippen LogP contribution in [0.3, 0.4) is 0 Å². The van der Waals surface area contributed by atoms with Crippen LogP contribution in [-0.2, 0) is 19.1 Å². The van der Waals surface area contributed by atoms with Crippen LogP contribution in [0, 0.1) is 0 Å². The molecular formula is C27H23BrN2O4S. The summed E-state index contributed by atoms with van der Waals surface area (Å²) < 4.78 is 11.7. The lowest BCUT2D eigenvalue weighted by Crippen LogP contribution is -2.24. The first kappa shape index (κ1) is 24.9. The molecule has 35 heavy (non-hydrogen) atoms. The topological polar surface area (TPSA) is 68.2 Å². The molecule has 1 aliphatic carbocycles. The van der Waals surface area contributed by atoms with E-state index in [-0.39, 0.29) is 11.9 Å². The molecule has 1 aliphatic heterocycles. The fourth-order valence-electron chi connectivity index (χ4n) is 3.59. The maximum atomic E-state index is 12.2. The number of amidine groups is 1. The molecule has 178 valence electrons. The van der Waals surface area contributed by atoms with Crippen molar-refractivity contribution in [1.29, 1.82) is 0 Å². The van der Waals surface area contributed by atoms with Crippen LogP contribution in [0.15, 0.2) is 106 Å². The lowest BCUT2D eigenvalue weighted by Gasteiger charge is -2.20. The van der Waals surface area contributed by atoms with Crippen LogP contribution in [0.4, 0.5) is 11.4 Å². The fourth-order valence-corrected chi connectivity index (χ4v) is 5.20. The lowest BCUT2D eigenvalue weighted by atomic mass is 10.0. The Hall–Kier alpha value is -3.16. The van der Waals surface area contributed by atoms with Gasteiger partial charge in [0, 0.05) is 10.2 Å². The minimum atomic E-state index is -0.463. The largest absolute Gasteiger partial charge is 0.464 e. The van der Waals surface area contributed by atoms with Crippen molar-refractivity contribution in [1.82, 2.24) is 0 Å². The Morgan fingerprint density at radius 2 is 1.89 bits per heavy atom. The van der Waals surface area contributed by atoms with Gasteiger partial charge in [-0.2, -0.15) is 0 Å². The Morgan fingerprint density at radius 1 is 1.17 bits per heavy atom. The van der Waals surface area contributed by atoms with Gasteiger partial charge in [0.05, 0.1) is 17.5 Å². The van der Waals surface area contributed by atoms with Crippen LogP contribution >= 0.6 is 27.7 Å². The average Bonchev–Trinajstić information content (AvgIpc) is 3.21. The SMILES string of the molecule is CCOC(=O)COC1C=CC(Br)=CC1=CC1SC(=Nc2ccccc2)N(c2ccccc2)C1=C=O. The maximum absolute atomic E-state index is 12.2. The van der Waals surface area contributed by atoms with E-state index in [1.807, 2.05) is 89.9 Å². The standard InChI is InChI=1S/C27H23BrN2O4S/c1-2-33-26(32)18-34-24-14-13-20(28)15-19(24)16-25-23(17-31)30(22-11-7-4-8-12-22)27(35-25)29-21-9-5-3-6-10-21/h3-16,24-25H,2,18H2,1H3. The molecule has 2 atom stereocenters. The van der Waals surface area contributed by atoms with E-state index in [4.69, 9.17) is 14.5 Å². The predicted octanol–water partition coefficient (Wildman–Crippen LogP) is 5.73. The smallest absolute Gasteiger partial charge is 0.332 e. The summed E-state index contributed by atoms with van der Waals surface area (Å²) in [6.45, 7) is 1.87. The summed E-state index contributed by atoms with van der Waals surface area (Å²) in [5.41, 5.74) is 2.85. The zero-order valence-electron chi connectivity index (χ0n) is 19.0. The van der Waals surface area contributed by atoms with Gasteiger partial charge in [0.1, 0.15) is 24.3 Å². The van der Waals surface area contributed by atoms with E-state index in [2.05, 4.69) is 21.9 Å². The third kappa shape index (κ3) is 6.29. The van der Waals surface area contributed by atoms with Crippen LogP contribution in [0.2, 0.25) is 0 Å². The van der Waals surface area contributed by atoms with Crippen molar-refractivity contribution >= 4 is 56.1 Å². The molecule has 0 spiro atoms. The summed E-state index contributed by atoms with van der Waals surface area (Å²) in [6.07, 6.45) is 7.12. The molecule has 0 bridgehead atoms. The lowest BCUT2D eigenvalue weighted by molar-refractivity contribution is -0.149. The number of rotatable bonds is 7. The molecule has 0 aromatic heterocycles. The molecule has 0 N–H and O–H groups in total. The van der Waals surface area contributed by atoms with Gasteiger partial charge >= 0.3 is 5.97 Å². The number of allylic oxidation sites excluding steroid dienone is 2. The maximum Gasteiger partial charge on any atom is 0.332 e. The molecule has 4 rings (SSSR count). The van der Waals surface area contributed by atoms with E-state index >= 15 is 0 Å². The molecule has 6 nitrogen and oxygen atoms in total. The molecule has 8 heteroatoms. The number of hydrogen-bond donors (Lipinski definition) is 0. The van der Waals surface area contributed by atoms with Crippen molar-refractivity contribution in [2.24, 2.45) is 4.99 Å². The molecule has 1 heterocycles. The van der Waals surface area contributed by atoms with Crippen LogP contribution in [0.25, 0.3) is 0 Å². The number of carbonyl (C=O) groups is 1. The van der Waals surface area contributed by atoms with Gasteiger partial charge < -0.3 is 9.47 Å². The number of ether oxygens (including phenoxy) is 2. The number of nitrogens with zero attached hydrogens (tertiary/aromatic N) is 2. The zero-order chi connectivity index (χ0) is 24.6. The van der Waals surface area contributed by atoms with Gasteiger partial charge in [-0.05, 0) is 48.9 Å². The minimum Gasteiger partial charge on any atom is -0.464 e. The molecule has 2 aromatic carbocycles. The Labute approximate surface area is 216 Å². The third-order valence-electron chi connectivity index (χ3n) is 5.13. The Kier molecular flexibility index (Phi) is 8.55. The van der Waals surface area contributed by atoms with Crippen molar-refractivity contribution in [3.05, 3.63) is 101 Å². The average molecular weight is 551 g/mol. The summed E-state index contributed by atoms with van der Waals surface area (Å²) >= 11 is 4.96. The molecule has 1 saturated heterocycles. The van der Waals surface area contributed by atoms with Gasteiger partial charge in [-0.15, -0.1) is 0 Å². The summed E-state index contributed by atoms with van der Waals surface area (Å²) in [6, 6.07) is 19.2. The third-order valence-corrected chi connectivity index (χ3v) is 6.72. The van der Waals surface area contributed by atoms with Gasteiger partial charge in [0.25, 0.3) is 0 Å². The number of aliphatic imine (C=N–C) groups is 1. The highest BCUT2D eigenvalue weighted by molar-refractivity contribution is 9.11. The number of hydrogen-bond acceptors (Lipinski definition) is 6. The molecule has 2 aromatic rings. The van der Waals surface area contributed by atoms with Crippen molar-refractivity contribution in [2.45, 2.75) is 18.3 Å². The number of para-hydroxylation sites is 2. The minimum absolute atomic E-state index is 0.170. The van der Waals surface area contributed by atoms with Gasteiger partial charge in [0.15, 0.2) is 5.17 Å². The first-order valence-corrected chi connectivity index (χ1v) is 12.7. The summed E-state index contributed by atoms with van der Waals surface area (Å²) in [5, 5.41) is 0.308. The highest BCUT2D eigenvalue weighted by atomic mass is 79.9. The van der Waals surface area contributed by atoms with E-state index in [1.165, 1.54) is 11.8 Å². The normalized spacial score (nSPS) is 21.8. The van der Waals surface area contributed by atoms with Crippen molar-refractivity contribution < 1.29 is 19.1 Å². The molecular weight excluding hydrogens is 528 g/mol. The number of thioether (sulfide) groups is 1. The van der Waals surface area contributed by atoms with Crippen LogP contribution in [-0.4, -0.2) is 41.6 Å². The molecule has 0 amide bonds. The van der Waals surface area contributed by atoms with Crippen molar-refractivity contribution in [2.75, 3.05) is 18.1 Å². The first-order valence-electron chi connectivity index (χ1n) is 11.0. The fraction of sp³-hybridized carbons (Fsp3) is 0.185. The molecule has 2 unspecified atom stereocenters. The molecule has 2 aliphatic rings. The Balaban J connectivity index is 1.69. The summed E-state index contributed by atoms with van der Waals surface area (Å²) in [5.74, 6) is 1.72. The summed E-state index contributed by atoms with van der Waals surface area (Å²) in [4.78, 5) is 30.7. The highest BCUT2D eigenvalue weighted by Crippen LogP contribution is 2.40. The van der Waals surface area contributed by atoms with Crippen LogP contribution < -0.4 is 4.90 Å². The van der Waals surface area contributed by atoms with Crippen molar-refractivity contribution in [3.8, 4) is 0 Å². The molecule has 0 radical (unpaired) electrons.